The van der Waals surface area contributed by atoms with Gasteiger partial charge in [0.15, 0.2) is 0 Å². The maximum atomic E-state index is 8.96. The Morgan fingerprint density at radius 3 is 3.33 bits per heavy atom. The van der Waals surface area contributed by atoms with Crippen LogP contribution in [0.15, 0.2) is 18.3 Å². The van der Waals surface area contributed by atoms with E-state index in [1.165, 1.54) is 0 Å². The van der Waals surface area contributed by atoms with E-state index in [1.807, 2.05) is 6.92 Å². The van der Waals surface area contributed by atoms with E-state index in [0.717, 1.165) is 13.0 Å². The number of anilines is 1. The highest BCUT2D eigenvalue weighted by molar-refractivity contribution is 5.51. The molecule has 0 amide bonds. The van der Waals surface area contributed by atoms with Crippen LogP contribution in [0, 0.1) is 11.3 Å². The fourth-order valence-corrected chi connectivity index (χ4v) is 1.81. The van der Waals surface area contributed by atoms with Crippen molar-refractivity contribution in [1.29, 1.82) is 5.26 Å². The zero-order valence-electron chi connectivity index (χ0n) is 10.4. The van der Waals surface area contributed by atoms with Gasteiger partial charge < -0.3 is 14.8 Å². The van der Waals surface area contributed by atoms with Crippen molar-refractivity contribution in [2.24, 2.45) is 0 Å². The SMILES string of the molecule is CC(COC1CCOC1)Nc1ncccc1C#N. The molecule has 0 aromatic carbocycles. The second-order valence-corrected chi connectivity index (χ2v) is 4.38. The van der Waals surface area contributed by atoms with E-state index in [0.29, 0.717) is 24.6 Å². The number of nitriles is 1. The van der Waals surface area contributed by atoms with Gasteiger partial charge >= 0.3 is 0 Å². The second-order valence-electron chi connectivity index (χ2n) is 4.38. The highest BCUT2D eigenvalue weighted by Gasteiger charge is 2.17. The Balaban J connectivity index is 1.83. The van der Waals surface area contributed by atoms with E-state index in [4.69, 9.17) is 14.7 Å². The molecule has 1 aromatic heterocycles. The van der Waals surface area contributed by atoms with E-state index in [-0.39, 0.29) is 12.1 Å². The van der Waals surface area contributed by atoms with Crippen LogP contribution < -0.4 is 5.32 Å². The first kappa shape index (κ1) is 12.8. The van der Waals surface area contributed by atoms with Crippen LogP contribution in [0.5, 0.6) is 0 Å². The Kier molecular flexibility index (Phi) is 4.51. The molecule has 1 aromatic rings. The van der Waals surface area contributed by atoms with Crippen molar-refractivity contribution >= 4 is 5.82 Å². The molecule has 1 fully saturated rings. The van der Waals surface area contributed by atoms with Gasteiger partial charge in [0.1, 0.15) is 11.9 Å². The number of ether oxygens (including phenoxy) is 2. The van der Waals surface area contributed by atoms with Gasteiger partial charge in [-0.1, -0.05) is 0 Å². The third-order valence-corrected chi connectivity index (χ3v) is 2.78. The van der Waals surface area contributed by atoms with Crippen molar-refractivity contribution in [3.05, 3.63) is 23.9 Å². The minimum atomic E-state index is 0.104. The second kappa shape index (κ2) is 6.34. The number of hydrogen-bond acceptors (Lipinski definition) is 5. The number of nitrogens with zero attached hydrogens (tertiary/aromatic N) is 2. The largest absolute Gasteiger partial charge is 0.379 e. The lowest BCUT2D eigenvalue weighted by molar-refractivity contribution is 0.0395. The lowest BCUT2D eigenvalue weighted by atomic mass is 10.2. The summed E-state index contributed by atoms with van der Waals surface area (Å²) in [5.74, 6) is 0.610. The summed E-state index contributed by atoms with van der Waals surface area (Å²) in [6.07, 6.45) is 2.83. The van der Waals surface area contributed by atoms with Crippen LogP contribution in [0.4, 0.5) is 5.82 Å². The van der Waals surface area contributed by atoms with E-state index in [1.54, 1.807) is 18.3 Å². The molecule has 2 unspecified atom stereocenters. The van der Waals surface area contributed by atoms with E-state index >= 15 is 0 Å². The summed E-state index contributed by atoms with van der Waals surface area (Å²) < 4.78 is 11.0. The van der Waals surface area contributed by atoms with Crippen LogP contribution in [0.3, 0.4) is 0 Å². The maximum Gasteiger partial charge on any atom is 0.144 e. The summed E-state index contributed by atoms with van der Waals surface area (Å²) in [6, 6.07) is 5.71. The molecule has 2 heterocycles. The molecule has 2 atom stereocenters. The van der Waals surface area contributed by atoms with Gasteiger partial charge in [-0.25, -0.2) is 4.98 Å². The molecule has 5 nitrogen and oxygen atoms in total. The van der Waals surface area contributed by atoms with Crippen molar-refractivity contribution in [2.45, 2.75) is 25.5 Å². The van der Waals surface area contributed by atoms with Gasteiger partial charge in [-0.3, -0.25) is 0 Å². The van der Waals surface area contributed by atoms with Gasteiger partial charge in [0.2, 0.25) is 0 Å². The quantitative estimate of drug-likeness (QED) is 0.855. The third-order valence-electron chi connectivity index (χ3n) is 2.78. The maximum absolute atomic E-state index is 8.96. The van der Waals surface area contributed by atoms with E-state index in [9.17, 15) is 0 Å². The molecule has 18 heavy (non-hydrogen) atoms. The minimum Gasteiger partial charge on any atom is -0.379 e. The first-order valence-electron chi connectivity index (χ1n) is 6.10. The van der Waals surface area contributed by atoms with Crippen LogP contribution >= 0.6 is 0 Å². The Hall–Kier alpha value is -1.64. The summed E-state index contributed by atoms with van der Waals surface area (Å²) in [6.45, 7) is 4.05. The standard InChI is InChI=1S/C13H17N3O2/c1-10(8-18-12-4-6-17-9-12)16-13-11(7-14)3-2-5-15-13/h2-3,5,10,12H,4,6,8-9H2,1H3,(H,15,16). The molecule has 0 spiro atoms. The monoisotopic (exact) mass is 247 g/mol. The highest BCUT2D eigenvalue weighted by atomic mass is 16.5. The predicted molar refractivity (Wildman–Crippen MR) is 67.2 cm³/mol. The molecule has 1 aliphatic heterocycles. The van der Waals surface area contributed by atoms with Crippen LogP contribution in [0.25, 0.3) is 0 Å². The van der Waals surface area contributed by atoms with Gasteiger partial charge in [-0.05, 0) is 25.5 Å². The Labute approximate surface area is 107 Å². The van der Waals surface area contributed by atoms with Gasteiger partial charge in [-0.2, -0.15) is 5.26 Å². The molecule has 5 heteroatoms. The topological polar surface area (TPSA) is 67.2 Å². The molecule has 0 bridgehead atoms. The number of rotatable bonds is 5. The molecule has 2 rings (SSSR count). The Bertz CT molecular complexity index is 424. The zero-order valence-corrected chi connectivity index (χ0v) is 10.4. The summed E-state index contributed by atoms with van der Waals surface area (Å²) in [7, 11) is 0. The van der Waals surface area contributed by atoms with Crippen LogP contribution in [0.2, 0.25) is 0 Å². The van der Waals surface area contributed by atoms with Crippen LogP contribution in [-0.2, 0) is 9.47 Å². The third kappa shape index (κ3) is 3.42. The molecule has 1 N–H and O–H groups in total. The zero-order chi connectivity index (χ0) is 12.8. The van der Waals surface area contributed by atoms with E-state index < -0.39 is 0 Å². The molecule has 0 saturated carbocycles. The number of pyridine rings is 1. The molecule has 0 aliphatic carbocycles. The number of hydrogen-bond donors (Lipinski definition) is 1. The summed E-state index contributed by atoms with van der Waals surface area (Å²) in [5, 5.41) is 12.1. The summed E-state index contributed by atoms with van der Waals surface area (Å²) >= 11 is 0. The highest BCUT2D eigenvalue weighted by Crippen LogP contribution is 2.12. The predicted octanol–water partition coefficient (Wildman–Crippen LogP) is 1.56. The Morgan fingerprint density at radius 2 is 2.61 bits per heavy atom. The van der Waals surface area contributed by atoms with Crippen molar-refractivity contribution in [1.82, 2.24) is 4.98 Å². The average Bonchev–Trinajstić information content (AvgIpc) is 2.90. The average molecular weight is 247 g/mol. The van der Waals surface area contributed by atoms with Crippen molar-refractivity contribution in [3.8, 4) is 6.07 Å². The molecular formula is C13H17N3O2. The normalized spacial score (nSPS) is 20.3. The van der Waals surface area contributed by atoms with Crippen LogP contribution in [-0.4, -0.2) is 37.0 Å². The summed E-state index contributed by atoms with van der Waals surface area (Å²) in [5.41, 5.74) is 0.550. The lowest BCUT2D eigenvalue weighted by Gasteiger charge is -2.17. The number of nitrogens with one attached hydrogen (secondary N) is 1. The van der Waals surface area contributed by atoms with Gasteiger partial charge in [0.05, 0.1) is 24.9 Å². The first-order valence-corrected chi connectivity index (χ1v) is 6.10. The number of aromatic nitrogens is 1. The van der Waals surface area contributed by atoms with Gasteiger partial charge in [-0.15, -0.1) is 0 Å². The molecule has 96 valence electrons. The molecule has 0 radical (unpaired) electrons. The fourth-order valence-electron chi connectivity index (χ4n) is 1.81. The molecule has 1 aliphatic rings. The van der Waals surface area contributed by atoms with Crippen molar-refractivity contribution in [2.75, 3.05) is 25.1 Å². The summed E-state index contributed by atoms with van der Waals surface area (Å²) in [4.78, 5) is 4.16. The van der Waals surface area contributed by atoms with Crippen molar-refractivity contribution < 1.29 is 9.47 Å². The van der Waals surface area contributed by atoms with Gasteiger partial charge in [0.25, 0.3) is 0 Å². The molecule has 1 saturated heterocycles. The van der Waals surface area contributed by atoms with E-state index in [2.05, 4.69) is 16.4 Å². The smallest absolute Gasteiger partial charge is 0.144 e. The lowest BCUT2D eigenvalue weighted by Crippen LogP contribution is -2.26. The minimum absolute atomic E-state index is 0.104. The van der Waals surface area contributed by atoms with Gasteiger partial charge in [0, 0.05) is 18.8 Å². The van der Waals surface area contributed by atoms with Crippen molar-refractivity contribution in [3.63, 3.8) is 0 Å². The molecular weight excluding hydrogens is 230 g/mol. The van der Waals surface area contributed by atoms with Crippen LogP contribution in [0.1, 0.15) is 18.9 Å². The first-order chi connectivity index (χ1) is 8.79. The Morgan fingerprint density at radius 1 is 1.72 bits per heavy atom. The fraction of sp³-hybridized carbons (Fsp3) is 0.538.